The van der Waals surface area contributed by atoms with Crippen LogP contribution in [0, 0.1) is 11.3 Å². The van der Waals surface area contributed by atoms with E-state index in [-0.39, 0.29) is 18.1 Å². The Morgan fingerprint density at radius 3 is 3.09 bits per heavy atom. The first-order valence-electron chi connectivity index (χ1n) is 7.31. The van der Waals surface area contributed by atoms with Crippen molar-refractivity contribution >= 4 is 11.7 Å². The summed E-state index contributed by atoms with van der Waals surface area (Å²) in [5.74, 6) is 0. The number of nitrogens with zero attached hydrogens (tertiary/aromatic N) is 3. The minimum atomic E-state index is -0.243. The van der Waals surface area contributed by atoms with Crippen molar-refractivity contribution in [2.75, 3.05) is 5.32 Å². The molecule has 0 bridgehead atoms. The van der Waals surface area contributed by atoms with Crippen LogP contribution in [0.5, 0.6) is 0 Å². The Morgan fingerprint density at radius 2 is 2.32 bits per heavy atom. The highest BCUT2D eigenvalue weighted by Crippen LogP contribution is 2.29. The van der Waals surface area contributed by atoms with Crippen molar-refractivity contribution in [3.05, 3.63) is 48.5 Å². The van der Waals surface area contributed by atoms with Gasteiger partial charge in [0, 0.05) is 18.1 Å². The minimum Gasteiger partial charge on any atom is -0.333 e. The first-order chi connectivity index (χ1) is 10.8. The van der Waals surface area contributed by atoms with Crippen molar-refractivity contribution in [2.45, 2.75) is 31.3 Å². The Bertz CT molecular complexity index is 689. The zero-order valence-electron chi connectivity index (χ0n) is 12.1. The Hall–Kier alpha value is -2.81. The fourth-order valence-corrected chi connectivity index (χ4v) is 2.93. The van der Waals surface area contributed by atoms with Gasteiger partial charge in [0.1, 0.15) is 0 Å². The maximum atomic E-state index is 12.2. The van der Waals surface area contributed by atoms with Crippen LogP contribution in [0.2, 0.25) is 0 Å². The summed E-state index contributed by atoms with van der Waals surface area (Å²) >= 11 is 0. The summed E-state index contributed by atoms with van der Waals surface area (Å²) in [5.41, 5.74) is 1.14. The largest absolute Gasteiger partial charge is 0.333 e. The maximum absolute atomic E-state index is 12.2. The molecule has 22 heavy (non-hydrogen) atoms. The second-order valence-corrected chi connectivity index (χ2v) is 5.41. The van der Waals surface area contributed by atoms with Crippen LogP contribution >= 0.6 is 0 Å². The molecule has 2 amide bonds. The number of benzene rings is 1. The Balaban J connectivity index is 1.62. The third kappa shape index (κ3) is 3.09. The summed E-state index contributed by atoms with van der Waals surface area (Å²) in [5, 5.41) is 14.7. The van der Waals surface area contributed by atoms with E-state index < -0.39 is 0 Å². The molecule has 0 radical (unpaired) electrons. The van der Waals surface area contributed by atoms with Gasteiger partial charge in [0.25, 0.3) is 0 Å². The number of urea groups is 1. The topological polar surface area (TPSA) is 82.7 Å². The summed E-state index contributed by atoms with van der Waals surface area (Å²) in [6.45, 7) is 0. The van der Waals surface area contributed by atoms with Crippen molar-refractivity contribution in [1.29, 1.82) is 5.26 Å². The van der Waals surface area contributed by atoms with Gasteiger partial charge in [-0.25, -0.2) is 9.78 Å². The predicted molar refractivity (Wildman–Crippen MR) is 82.2 cm³/mol. The van der Waals surface area contributed by atoms with E-state index in [2.05, 4.69) is 21.7 Å². The van der Waals surface area contributed by atoms with Crippen LogP contribution in [0.25, 0.3) is 0 Å². The first-order valence-corrected chi connectivity index (χ1v) is 7.31. The molecule has 6 nitrogen and oxygen atoms in total. The molecular weight excluding hydrogens is 278 g/mol. The van der Waals surface area contributed by atoms with Gasteiger partial charge in [-0.1, -0.05) is 6.07 Å². The number of carbonyl (C=O) groups excluding carboxylic acids is 1. The van der Waals surface area contributed by atoms with E-state index >= 15 is 0 Å². The van der Waals surface area contributed by atoms with Crippen molar-refractivity contribution in [1.82, 2.24) is 14.9 Å². The smallest absolute Gasteiger partial charge is 0.319 e. The molecule has 0 aliphatic heterocycles. The van der Waals surface area contributed by atoms with Crippen molar-refractivity contribution < 1.29 is 4.79 Å². The number of carbonyl (C=O) groups is 1. The lowest BCUT2D eigenvalue weighted by atomic mass is 10.1. The van der Waals surface area contributed by atoms with Gasteiger partial charge in [0.15, 0.2) is 0 Å². The number of amides is 2. The molecule has 1 aromatic carbocycles. The number of nitriles is 1. The molecule has 1 fully saturated rings. The average molecular weight is 295 g/mol. The third-order valence-corrected chi connectivity index (χ3v) is 3.95. The number of hydrogen-bond acceptors (Lipinski definition) is 3. The lowest BCUT2D eigenvalue weighted by Gasteiger charge is -2.22. The lowest BCUT2D eigenvalue weighted by Crippen LogP contribution is -2.40. The zero-order valence-corrected chi connectivity index (χ0v) is 12.1. The van der Waals surface area contributed by atoms with E-state index in [1.807, 2.05) is 10.8 Å². The zero-order chi connectivity index (χ0) is 15.4. The van der Waals surface area contributed by atoms with Crippen LogP contribution in [0.15, 0.2) is 43.0 Å². The number of imidazole rings is 1. The third-order valence-electron chi connectivity index (χ3n) is 3.95. The van der Waals surface area contributed by atoms with Gasteiger partial charge in [0.2, 0.25) is 0 Å². The Labute approximate surface area is 128 Å². The summed E-state index contributed by atoms with van der Waals surface area (Å²) in [4.78, 5) is 16.2. The van der Waals surface area contributed by atoms with Gasteiger partial charge in [-0.15, -0.1) is 0 Å². The second kappa shape index (κ2) is 6.31. The molecule has 1 saturated carbocycles. The second-order valence-electron chi connectivity index (χ2n) is 5.41. The number of aromatic nitrogens is 2. The van der Waals surface area contributed by atoms with E-state index in [9.17, 15) is 4.79 Å². The summed E-state index contributed by atoms with van der Waals surface area (Å²) in [6.07, 6.45) is 8.54. The normalized spacial score (nSPS) is 20.3. The minimum absolute atomic E-state index is 0.0911. The number of hydrogen-bond donors (Lipinski definition) is 2. The van der Waals surface area contributed by atoms with E-state index in [4.69, 9.17) is 5.26 Å². The highest BCUT2D eigenvalue weighted by molar-refractivity contribution is 5.89. The number of rotatable bonds is 3. The average Bonchev–Trinajstić information content (AvgIpc) is 3.18. The van der Waals surface area contributed by atoms with Gasteiger partial charge >= 0.3 is 6.03 Å². The monoisotopic (exact) mass is 295 g/mol. The Morgan fingerprint density at radius 1 is 1.41 bits per heavy atom. The number of nitrogens with one attached hydrogen (secondary N) is 2. The highest BCUT2D eigenvalue weighted by atomic mass is 16.2. The molecular formula is C16H17N5O. The fourth-order valence-electron chi connectivity index (χ4n) is 2.93. The standard InChI is InChI=1S/C16H17N5O/c17-10-12-3-1-4-13(9-12)19-16(22)20-14-5-2-6-15(14)21-8-7-18-11-21/h1,3-4,7-9,11,14-15H,2,5-6H2,(H2,19,20,22)/t14-,15+/m1/s1. The van der Waals surface area contributed by atoms with Gasteiger partial charge in [-0.2, -0.15) is 5.26 Å². The Kier molecular flexibility index (Phi) is 4.05. The van der Waals surface area contributed by atoms with E-state index in [1.165, 1.54) is 0 Å². The maximum Gasteiger partial charge on any atom is 0.319 e. The van der Waals surface area contributed by atoms with Crippen LogP contribution in [-0.2, 0) is 0 Å². The molecule has 1 aliphatic rings. The SMILES string of the molecule is N#Cc1cccc(NC(=O)N[C@@H]2CCC[C@@H]2n2ccnc2)c1. The van der Waals surface area contributed by atoms with Gasteiger partial charge in [-0.05, 0) is 37.5 Å². The molecule has 112 valence electrons. The van der Waals surface area contributed by atoms with E-state index in [1.54, 1.807) is 36.8 Å². The highest BCUT2D eigenvalue weighted by Gasteiger charge is 2.29. The van der Waals surface area contributed by atoms with Crippen LogP contribution in [0.3, 0.4) is 0 Å². The molecule has 2 aromatic rings. The van der Waals surface area contributed by atoms with Crippen LogP contribution in [0.1, 0.15) is 30.9 Å². The molecule has 2 N–H and O–H groups in total. The summed E-state index contributed by atoms with van der Waals surface area (Å²) in [6, 6.07) is 9.03. The fraction of sp³-hybridized carbons (Fsp3) is 0.312. The molecule has 0 unspecified atom stereocenters. The quantitative estimate of drug-likeness (QED) is 0.913. The van der Waals surface area contributed by atoms with Gasteiger partial charge in [0.05, 0.1) is 30.0 Å². The van der Waals surface area contributed by atoms with Crippen molar-refractivity contribution in [3.8, 4) is 6.07 Å². The predicted octanol–water partition coefficient (Wildman–Crippen LogP) is 2.67. The van der Waals surface area contributed by atoms with Gasteiger partial charge in [-0.3, -0.25) is 0 Å². The van der Waals surface area contributed by atoms with Crippen molar-refractivity contribution in [3.63, 3.8) is 0 Å². The molecule has 3 rings (SSSR count). The summed E-state index contributed by atoms with van der Waals surface area (Å²) < 4.78 is 2.05. The molecule has 1 aliphatic carbocycles. The molecule has 6 heteroatoms. The molecule has 2 atom stereocenters. The van der Waals surface area contributed by atoms with Crippen molar-refractivity contribution in [2.24, 2.45) is 0 Å². The first kappa shape index (κ1) is 14.1. The lowest BCUT2D eigenvalue weighted by molar-refractivity contribution is 0.245. The molecule has 1 aromatic heterocycles. The van der Waals surface area contributed by atoms with Crippen LogP contribution in [0.4, 0.5) is 10.5 Å². The van der Waals surface area contributed by atoms with Crippen LogP contribution in [-0.4, -0.2) is 21.6 Å². The van der Waals surface area contributed by atoms with E-state index in [0.717, 1.165) is 19.3 Å². The number of anilines is 1. The van der Waals surface area contributed by atoms with Gasteiger partial charge < -0.3 is 15.2 Å². The molecule has 1 heterocycles. The van der Waals surface area contributed by atoms with E-state index in [0.29, 0.717) is 11.3 Å². The van der Waals surface area contributed by atoms with Crippen LogP contribution < -0.4 is 10.6 Å². The molecule has 0 saturated heterocycles. The summed E-state index contributed by atoms with van der Waals surface area (Å²) in [7, 11) is 0. The molecule has 0 spiro atoms.